The van der Waals surface area contributed by atoms with E-state index in [-0.39, 0.29) is 59.9 Å². The van der Waals surface area contributed by atoms with Gasteiger partial charge < -0.3 is 5.32 Å². The Morgan fingerprint density at radius 3 is 2.44 bits per heavy atom. The van der Waals surface area contributed by atoms with Crippen molar-refractivity contribution in [3.05, 3.63) is 41.7 Å². The number of nitrogens with one attached hydrogen (secondary N) is 1. The molecule has 1 aromatic carbocycles. The minimum absolute atomic E-state index is 0.000638. The zero-order valence-corrected chi connectivity index (χ0v) is 13.9. The van der Waals surface area contributed by atoms with Crippen LogP contribution in [0.3, 0.4) is 0 Å². The Kier molecular flexibility index (Phi) is 3.71. The van der Waals surface area contributed by atoms with Crippen LogP contribution in [-0.2, 0) is 9.59 Å². The molecule has 1 aliphatic heterocycles. The third-order valence-electron chi connectivity index (χ3n) is 5.58. The van der Waals surface area contributed by atoms with E-state index in [1.54, 1.807) is 6.07 Å². The number of allylic oxidation sites excluding steroid dienone is 2. The molecule has 0 aromatic heterocycles. The summed E-state index contributed by atoms with van der Waals surface area (Å²) >= 11 is 0. The summed E-state index contributed by atoms with van der Waals surface area (Å²) in [7, 11) is 0. The van der Waals surface area contributed by atoms with Crippen LogP contribution in [0.1, 0.15) is 23.7 Å². The van der Waals surface area contributed by atoms with E-state index in [1.807, 2.05) is 0 Å². The highest BCUT2D eigenvalue weighted by molar-refractivity contribution is 6.06. The summed E-state index contributed by atoms with van der Waals surface area (Å²) in [6, 6.07) is 4.37. The molecule has 25 heavy (non-hydrogen) atoms. The normalized spacial score (nSPS) is 29.4. The second-order valence-electron chi connectivity index (χ2n) is 6.97. The molecule has 1 saturated carbocycles. The first kappa shape index (κ1) is 16.0. The molecule has 2 fully saturated rings. The van der Waals surface area contributed by atoms with Crippen LogP contribution in [0.2, 0.25) is 0 Å². The Labute approximate surface area is 144 Å². The molecule has 4 atom stereocenters. The lowest BCUT2D eigenvalue weighted by Crippen LogP contribution is -2.36. The Morgan fingerprint density at radius 2 is 1.84 bits per heavy atom. The number of Topliss-reactive ketones (excluding diaryl/α,β-unsaturated/α-hetero) is 1. The fourth-order valence-corrected chi connectivity index (χ4v) is 4.52. The van der Waals surface area contributed by atoms with Crippen LogP contribution in [0.15, 0.2) is 30.4 Å². The van der Waals surface area contributed by atoms with Gasteiger partial charge in [-0.3, -0.25) is 19.3 Å². The second kappa shape index (κ2) is 5.79. The number of imide groups is 1. The van der Waals surface area contributed by atoms with E-state index in [1.165, 1.54) is 24.0 Å². The van der Waals surface area contributed by atoms with Gasteiger partial charge in [0.05, 0.1) is 17.4 Å². The average Bonchev–Trinajstić information content (AvgIpc) is 3.23. The number of carbonyl (C=O) groups is 3. The molecule has 4 rings (SSSR count). The van der Waals surface area contributed by atoms with Crippen LogP contribution in [0.25, 0.3) is 0 Å². The monoisotopic (exact) mass is 342 g/mol. The van der Waals surface area contributed by atoms with Crippen LogP contribution in [0, 0.1) is 29.5 Å². The number of benzene rings is 1. The lowest BCUT2D eigenvalue weighted by molar-refractivity contribution is -0.140. The molecule has 5 nitrogen and oxygen atoms in total. The number of hydrogen-bond donors (Lipinski definition) is 1. The maximum Gasteiger partial charge on any atom is 0.233 e. The molecule has 1 N–H and O–H groups in total. The highest BCUT2D eigenvalue weighted by Gasteiger charge is 2.58. The molecular weight excluding hydrogens is 323 g/mol. The fourth-order valence-electron chi connectivity index (χ4n) is 4.52. The number of anilines is 1. The van der Waals surface area contributed by atoms with Crippen LogP contribution in [0.4, 0.5) is 10.1 Å². The lowest BCUT2D eigenvalue weighted by Gasteiger charge is -2.18. The van der Waals surface area contributed by atoms with Gasteiger partial charge in [0.1, 0.15) is 5.82 Å². The first-order chi connectivity index (χ1) is 12.0. The van der Waals surface area contributed by atoms with Gasteiger partial charge in [-0.15, -0.1) is 0 Å². The van der Waals surface area contributed by atoms with Crippen molar-refractivity contribution in [2.24, 2.45) is 23.7 Å². The van der Waals surface area contributed by atoms with Crippen molar-refractivity contribution in [1.82, 2.24) is 4.90 Å². The number of fused-ring (bicyclic) bond motifs is 5. The van der Waals surface area contributed by atoms with Gasteiger partial charge in [0.25, 0.3) is 0 Å². The molecule has 130 valence electrons. The summed E-state index contributed by atoms with van der Waals surface area (Å²) in [6.07, 6.45) is 5.03. The quantitative estimate of drug-likeness (QED) is 0.506. The molecule has 1 heterocycles. The molecule has 0 spiro atoms. The Hall–Kier alpha value is -2.50. The molecule has 1 aromatic rings. The first-order valence-corrected chi connectivity index (χ1v) is 8.56. The summed E-state index contributed by atoms with van der Waals surface area (Å²) in [5.74, 6) is -1.17. The summed E-state index contributed by atoms with van der Waals surface area (Å²) in [5, 5.41) is 2.98. The maximum absolute atomic E-state index is 13.8. The smallest absolute Gasteiger partial charge is 0.233 e. The number of ketones is 1. The molecule has 2 aliphatic carbocycles. The molecule has 1 saturated heterocycles. The van der Waals surface area contributed by atoms with E-state index in [9.17, 15) is 18.8 Å². The number of carbonyl (C=O) groups excluding carboxylic acids is 3. The average molecular weight is 342 g/mol. The van der Waals surface area contributed by atoms with Crippen molar-refractivity contribution in [3.63, 3.8) is 0 Å². The molecular formula is C19H19FN2O3. The highest BCUT2D eigenvalue weighted by atomic mass is 19.1. The van der Waals surface area contributed by atoms with Gasteiger partial charge in [0.2, 0.25) is 11.8 Å². The van der Waals surface area contributed by atoms with Gasteiger partial charge in [-0.05, 0) is 37.3 Å². The van der Waals surface area contributed by atoms with E-state index in [0.29, 0.717) is 5.69 Å². The van der Waals surface area contributed by atoms with E-state index < -0.39 is 5.82 Å². The van der Waals surface area contributed by atoms with Crippen molar-refractivity contribution in [3.8, 4) is 0 Å². The summed E-state index contributed by atoms with van der Waals surface area (Å²) in [6.45, 7) is 1.81. The zero-order chi connectivity index (χ0) is 17.7. The molecule has 0 radical (unpaired) electrons. The van der Waals surface area contributed by atoms with Gasteiger partial charge in [-0.2, -0.15) is 0 Å². The molecule has 2 amide bonds. The topological polar surface area (TPSA) is 66.5 Å². The SMILES string of the molecule is CC(=O)c1c(F)cccc1NCCN1C(=O)[C@@H]2[C@H](C1=O)[C@H]1C=C[C@H]2C1. The summed E-state index contributed by atoms with van der Waals surface area (Å²) in [4.78, 5) is 38.1. The van der Waals surface area contributed by atoms with Gasteiger partial charge in [0.15, 0.2) is 5.78 Å². The lowest BCUT2D eigenvalue weighted by atomic mass is 9.85. The molecule has 2 bridgehead atoms. The minimum Gasteiger partial charge on any atom is -0.383 e. The van der Waals surface area contributed by atoms with E-state index in [4.69, 9.17) is 0 Å². The number of likely N-dealkylation sites (tertiary alicyclic amines) is 1. The maximum atomic E-state index is 13.8. The van der Waals surface area contributed by atoms with Crippen molar-refractivity contribution in [1.29, 1.82) is 0 Å². The number of nitrogens with zero attached hydrogens (tertiary/aromatic N) is 1. The van der Waals surface area contributed by atoms with E-state index >= 15 is 0 Å². The summed E-state index contributed by atoms with van der Waals surface area (Å²) < 4.78 is 13.8. The zero-order valence-electron chi connectivity index (χ0n) is 13.9. The van der Waals surface area contributed by atoms with Gasteiger partial charge >= 0.3 is 0 Å². The van der Waals surface area contributed by atoms with Crippen molar-refractivity contribution >= 4 is 23.3 Å². The van der Waals surface area contributed by atoms with Crippen LogP contribution < -0.4 is 5.32 Å². The van der Waals surface area contributed by atoms with Gasteiger partial charge in [-0.25, -0.2) is 4.39 Å². The van der Waals surface area contributed by atoms with E-state index in [2.05, 4.69) is 17.5 Å². The first-order valence-electron chi connectivity index (χ1n) is 8.56. The van der Waals surface area contributed by atoms with Gasteiger partial charge in [-0.1, -0.05) is 18.2 Å². The molecule has 6 heteroatoms. The summed E-state index contributed by atoms with van der Waals surface area (Å²) in [5.41, 5.74) is 0.384. The van der Waals surface area contributed by atoms with Crippen molar-refractivity contribution < 1.29 is 18.8 Å². The Balaban J connectivity index is 1.44. The highest BCUT2D eigenvalue weighted by Crippen LogP contribution is 2.52. The third-order valence-corrected chi connectivity index (χ3v) is 5.58. The standard InChI is InChI=1S/C19H19FN2O3/c1-10(23)15-13(20)3-2-4-14(15)21-7-8-22-18(24)16-11-5-6-12(9-11)17(16)19(22)25/h2-6,11-12,16-17,21H,7-9H2,1H3/t11-,12-,16-,17+/m0/s1. The third kappa shape index (κ3) is 2.39. The molecule has 0 unspecified atom stereocenters. The fraction of sp³-hybridized carbons (Fsp3) is 0.421. The van der Waals surface area contributed by atoms with Crippen molar-refractivity contribution in [2.45, 2.75) is 13.3 Å². The van der Waals surface area contributed by atoms with E-state index in [0.717, 1.165) is 6.42 Å². The largest absolute Gasteiger partial charge is 0.383 e. The van der Waals surface area contributed by atoms with Crippen LogP contribution in [-0.4, -0.2) is 35.6 Å². The number of halogens is 1. The Bertz CT molecular complexity index is 774. The molecule has 3 aliphatic rings. The number of rotatable bonds is 5. The second-order valence-corrected chi connectivity index (χ2v) is 6.97. The minimum atomic E-state index is -0.581. The predicted molar refractivity (Wildman–Crippen MR) is 89.3 cm³/mol. The number of hydrogen-bond acceptors (Lipinski definition) is 4. The number of amides is 2. The van der Waals surface area contributed by atoms with Crippen LogP contribution in [0.5, 0.6) is 0 Å². The van der Waals surface area contributed by atoms with Crippen molar-refractivity contribution in [2.75, 3.05) is 18.4 Å². The Morgan fingerprint density at radius 1 is 1.20 bits per heavy atom. The van der Waals surface area contributed by atoms with Crippen LogP contribution >= 0.6 is 0 Å². The van der Waals surface area contributed by atoms with Gasteiger partial charge in [0, 0.05) is 18.8 Å². The predicted octanol–water partition coefficient (Wildman–Crippen LogP) is 2.25.